The van der Waals surface area contributed by atoms with E-state index in [-0.39, 0.29) is 23.2 Å². The van der Waals surface area contributed by atoms with Crippen LogP contribution in [-0.4, -0.2) is 5.97 Å². The highest BCUT2D eigenvalue weighted by Crippen LogP contribution is 2.25. The van der Waals surface area contributed by atoms with Crippen LogP contribution in [0.1, 0.15) is 16.7 Å². The molecular weight excluding hydrogens is 274 g/mol. The van der Waals surface area contributed by atoms with Gasteiger partial charge in [-0.25, -0.2) is 0 Å². The summed E-state index contributed by atoms with van der Waals surface area (Å²) in [6.45, 7) is 1.94. The number of nitrogens with zero attached hydrogens (tertiary/aromatic N) is 1. The lowest BCUT2D eigenvalue weighted by Crippen LogP contribution is -2.12. The van der Waals surface area contributed by atoms with E-state index < -0.39 is 0 Å². The Labute approximate surface area is 122 Å². The molecule has 3 nitrogen and oxygen atoms in total. The zero-order valence-corrected chi connectivity index (χ0v) is 11.6. The molecule has 2 aromatic rings. The van der Waals surface area contributed by atoms with Crippen LogP contribution < -0.4 is 4.74 Å². The second-order valence-corrected chi connectivity index (χ2v) is 4.74. The minimum absolute atomic E-state index is 0.184. The van der Waals surface area contributed by atoms with Gasteiger partial charge >= 0.3 is 5.97 Å². The number of carbonyl (C=O) groups is 1. The van der Waals surface area contributed by atoms with Crippen molar-refractivity contribution in [3.8, 4) is 11.8 Å². The van der Waals surface area contributed by atoms with E-state index in [1.807, 2.05) is 37.3 Å². The molecule has 0 aromatic heterocycles. The van der Waals surface area contributed by atoms with Gasteiger partial charge in [0.1, 0.15) is 5.75 Å². The summed E-state index contributed by atoms with van der Waals surface area (Å²) < 4.78 is 5.22. The van der Waals surface area contributed by atoms with Crippen LogP contribution in [-0.2, 0) is 11.2 Å². The maximum Gasteiger partial charge on any atom is 0.315 e. The molecule has 2 aromatic carbocycles. The van der Waals surface area contributed by atoms with Crippen LogP contribution in [0.4, 0.5) is 0 Å². The van der Waals surface area contributed by atoms with E-state index in [2.05, 4.69) is 0 Å². The first-order valence-corrected chi connectivity index (χ1v) is 6.43. The van der Waals surface area contributed by atoms with Gasteiger partial charge in [-0.2, -0.15) is 5.26 Å². The van der Waals surface area contributed by atoms with Crippen LogP contribution in [0.25, 0.3) is 0 Å². The Balaban J connectivity index is 2.09. The Hall–Kier alpha value is -2.31. The Morgan fingerprint density at radius 3 is 2.70 bits per heavy atom. The van der Waals surface area contributed by atoms with Crippen LogP contribution in [0, 0.1) is 18.3 Å². The van der Waals surface area contributed by atoms with Gasteiger partial charge in [-0.1, -0.05) is 35.9 Å². The monoisotopic (exact) mass is 285 g/mol. The summed E-state index contributed by atoms with van der Waals surface area (Å²) in [6.07, 6.45) is 0.184. The third kappa shape index (κ3) is 3.37. The van der Waals surface area contributed by atoms with Gasteiger partial charge in [0.25, 0.3) is 0 Å². The molecule has 20 heavy (non-hydrogen) atoms. The first-order valence-electron chi connectivity index (χ1n) is 6.05. The van der Waals surface area contributed by atoms with Crippen LogP contribution in [0.2, 0.25) is 5.02 Å². The van der Waals surface area contributed by atoms with Crippen LogP contribution >= 0.6 is 11.6 Å². The van der Waals surface area contributed by atoms with Crippen LogP contribution in [0.3, 0.4) is 0 Å². The molecule has 0 amide bonds. The number of rotatable bonds is 3. The van der Waals surface area contributed by atoms with Crippen molar-refractivity contribution in [3.63, 3.8) is 0 Å². The van der Waals surface area contributed by atoms with Gasteiger partial charge in [0.2, 0.25) is 0 Å². The van der Waals surface area contributed by atoms with Gasteiger partial charge in [-0.3, -0.25) is 4.79 Å². The summed E-state index contributed by atoms with van der Waals surface area (Å²) in [5.74, 6) is -0.116. The van der Waals surface area contributed by atoms with E-state index in [1.54, 1.807) is 6.07 Å². The third-order valence-corrected chi connectivity index (χ3v) is 3.18. The molecule has 100 valence electrons. The average molecular weight is 286 g/mol. The average Bonchev–Trinajstić information content (AvgIpc) is 2.43. The van der Waals surface area contributed by atoms with Crippen LogP contribution in [0.5, 0.6) is 5.75 Å². The molecule has 0 unspecified atom stereocenters. The predicted octanol–water partition coefficient (Wildman–Crippen LogP) is 3.67. The number of benzene rings is 2. The third-order valence-electron chi connectivity index (χ3n) is 2.88. The largest absolute Gasteiger partial charge is 0.425 e. The fraction of sp³-hybridized carbons (Fsp3) is 0.125. The van der Waals surface area contributed by atoms with Crippen molar-refractivity contribution in [1.82, 2.24) is 0 Å². The van der Waals surface area contributed by atoms with Gasteiger partial charge < -0.3 is 4.74 Å². The van der Waals surface area contributed by atoms with Crippen LogP contribution in [0.15, 0.2) is 42.5 Å². The lowest BCUT2D eigenvalue weighted by molar-refractivity contribution is -0.133. The number of hydrogen-bond acceptors (Lipinski definition) is 3. The molecular formula is C16H12ClNO2. The lowest BCUT2D eigenvalue weighted by atomic mass is 10.1. The smallest absolute Gasteiger partial charge is 0.315 e. The Kier molecular flexibility index (Phi) is 4.39. The molecule has 0 N–H and O–H groups in total. The molecule has 0 saturated heterocycles. The molecule has 0 aliphatic carbocycles. The van der Waals surface area contributed by atoms with Gasteiger partial charge in [-0.05, 0) is 36.2 Å². The maximum atomic E-state index is 11.9. The first kappa shape index (κ1) is 14.1. The molecule has 0 heterocycles. The van der Waals surface area contributed by atoms with E-state index in [0.717, 1.165) is 11.1 Å². The number of esters is 1. The SMILES string of the molecule is Cc1ccccc1CC(=O)Oc1ccc(C#N)cc1Cl. The molecule has 0 radical (unpaired) electrons. The Bertz CT molecular complexity index is 689. The second kappa shape index (κ2) is 6.23. The molecule has 0 spiro atoms. The van der Waals surface area contributed by atoms with Crippen molar-refractivity contribution in [1.29, 1.82) is 5.26 Å². The number of halogens is 1. The Morgan fingerprint density at radius 2 is 2.05 bits per heavy atom. The van der Waals surface area contributed by atoms with Gasteiger partial charge in [0.15, 0.2) is 0 Å². The van der Waals surface area contributed by atoms with E-state index >= 15 is 0 Å². The van der Waals surface area contributed by atoms with Crippen molar-refractivity contribution in [2.45, 2.75) is 13.3 Å². The van der Waals surface area contributed by atoms with Gasteiger partial charge in [0.05, 0.1) is 23.1 Å². The number of carbonyl (C=O) groups excluding carboxylic acids is 1. The van der Waals surface area contributed by atoms with Crippen molar-refractivity contribution >= 4 is 17.6 Å². The standard InChI is InChI=1S/C16H12ClNO2/c1-11-4-2-3-5-13(11)9-16(19)20-15-7-6-12(10-18)8-14(15)17/h2-8H,9H2,1H3. The summed E-state index contributed by atoms with van der Waals surface area (Å²) in [4.78, 5) is 11.9. The minimum atomic E-state index is -0.383. The van der Waals surface area contributed by atoms with Crippen molar-refractivity contribution < 1.29 is 9.53 Å². The minimum Gasteiger partial charge on any atom is -0.425 e. The second-order valence-electron chi connectivity index (χ2n) is 4.33. The molecule has 0 fully saturated rings. The van der Waals surface area contributed by atoms with E-state index in [4.69, 9.17) is 21.6 Å². The van der Waals surface area contributed by atoms with Crippen molar-refractivity contribution in [2.24, 2.45) is 0 Å². The molecule has 2 rings (SSSR count). The number of nitriles is 1. The molecule has 0 bridgehead atoms. The normalized spacial score (nSPS) is 9.85. The first-order chi connectivity index (χ1) is 9.60. The molecule has 0 aliphatic rings. The number of aryl methyl sites for hydroxylation is 1. The zero-order chi connectivity index (χ0) is 14.5. The lowest BCUT2D eigenvalue weighted by Gasteiger charge is -2.08. The number of hydrogen-bond donors (Lipinski definition) is 0. The zero-order valence-electron chi connectivity index (χ0n) is 10.9. The summed E-state index contributed by atoms with van der Waals surface area (Å²) >= 11 is 5.96. The topological polar surface area (TPSA) is 50.1 Å². The van der Waals surface area contributed by atoms with E-state index in [0.29, 0.717) is 5.56 Å². The summed E-state index contributed by atoms with van der Waals surface area (Å²) in [6, 6.07) is 14.1. The molecule has 0 saturated carbocycles. The predicted molar refractivity (Wildman–Crippen MR) is 76.7 cm³/mol. The van der Waals surface area contributed by atoms with Crippen molar-refractivity contribution in [3.05, 3.63) is 64.2 Å². The highest BCUT2D eigenvalue weighted by Gasteiger charge is 2.11. The maximum absolute atomic E-state index is 11.9. The Morgan fingerprint density at radius 1 is 1.30 bits per heavy atom. The van der Waals surface area contributed by atoms with E-state index in [1.165, 1.54) is 12.1 Å². The quantitative estimate of drug-likeness (QED) is 0.638. The molecule has 4 heteroatoms. The van der Waals surface area contributed by atoms with Gasteiger partial charge in [0, 0.05) is 0 Å². The molecule has 0 aliphatic heterocycles. The van der Waals surface area contributed by atoms with E-state index in [9.17, 15) is 4.79 Å². The highest BCUT2D eigenvalue weighted by atomic mass is 35.5. The van der Waals surface area contributed by atoms with Crippen molar-refractivity contribution in [2.75, 3.05) is 0 Å². The highest BCUT2D eigenvalue weighted by molar-refractivity contribution is 6.32. The van der Waals surface area contributed by atoms with Gasteiger partial charge in [-0.15, -0.1) is 0 Å². The molecule has 0 atom stereocenters. The summed E-state index contributed by atoms with van der Waals surface area (Å²) in [5, 5.41) is 9.00. The summed E-state index contributed by atoms with van der Waals surface area (Å²) in [7, 11) is 0. The summed E-state index contributed by atoms with van der Waals surface area (Å²) in [5.41, 5.74) is 2.38. The fourth-order valence-corrected chi connectivity index (χ4v) is 1.99. The fourth-order valence-electron chi connectivity index (χ4n) is 1.78. The number of ether oxygens (including phenoxy) is 1.